The Morgan fingerprint density at radius 2 is 2.06 bits per heavy atom. The number of ether oxygens (including phenoxy) is 3. The minimum absolute atomic E-state index is 0.205. The Labute approximate surface area is 107 Å². The molecule has 0 heterocycles. The average Bonchev–Trinajstić information content (AvgIpc) is 2.44. The van der Waals surface area contributed by atoms with Gasteiger partial charge in [0.1, 0.15) is 5.75 Å². The van der Waals surface area contributed by atoms with Crippen LogP contribution in [0.25, 0.3) is 0 Å². The van der Waals surface area contributed by atoms with E-state index in [-0.39, 0.29) is 18.0 Å². The number of carbonyl (C=O) groups is 1. The molecule has 4 heteroatoms. The van der Waals surface area contributed by atoms with E-state index in [0.29, 0.717) is 0 Å². The zero-order chi connectivity index (χ0) is 13.1. The second kappa shape index (κ2) is 5.40. The van der Waals surface area contributed by atoms with Gasteiger partial charge in [0.05, 0.1) is 26.2 Å². The third-order valence-electron chi connectivity index (χ3n) is 3.50. The van der Waals surface area contributed by atoms with Crippen molar-refractivity contribution >= 4 is 5.97 Å². The molecule has 4 nitrogen and oxygen atoms in total. The molecular weight excluding hydrogens is 232 g/mol. The van der Waals surface area contributed by atoms with Crippen molar-refractivity contribution in [3.63, 3.8) is 0 Å². The van der Waals surface area contributed by atoms with Crippen LogP contribution in [0.2, 0.25) is 0 Å². The van der Waals surface area contributed by atoms with Gasteiger partial charge in [-0.15, -0.1) is 0 Å². The van der Waals surface area contributed by atoms with Crippen LogP contribution >= 0.6 is 0 Å². The largest absolute Gasteiger partial charge is 0.497 e. The van der Waals surface area contributed by atoms with Crippen molar-refractivity contribution in [3.8, 4) is 5.75 Å². The molecular formula is C14H18O4. The molecule has 2 rings (SSSR count). The molecule has 0 unspecified atom stereocenters. The lowest BCUT2D eigenvalue weighted by molar-refractivity contribution is -0.151. The third kappa shape index (κ3) is 2.20. The Kier molecular flexibility index (Phi) is 3.87. The normalized spacial score (nSPS) is 22.2. The van der Waals surface area contributed by atoms with Gasteiger partial charge in [-0.05, 0) is 36.1 Å². The Balaban J connectivity index is 2.34. The standard InChI is InChI=1S/C14H18O4/c1-16-10-5-7-11-9(8-10)4-6-12(13(11)17-2)14(15)18-3/h5,7-8,12-13H,4,6H2,1-3H3/t12-,13-/m1/s1. The smallest absolute Gasteiger partial charge is 0.311 e. The van der Waals surface area contributed by atoms with Gasteiger partial charge in [0.25, 0.3) is 0 Å². The summed E-state index contributed by atoms with van der Waals surface area (Å²) in [5.74, 6) is 0.407. The first-order valence-electron chi connectivity index (χ1n) is 5.98. The minimum atomic E-state index is -0.230. The van der Waals surface area contributed by atoms with Crippen molar-refractivity contribution in [1.82, 2.24) is 0 Å². The molecule has 98 valence electrons. The molecule has 0 amide bonds. The molecule has 0 N–H and O–H groups in total. The molecule has 1 aromatic carbocycles. The second-order valence-corrected chi connectivity index (χ2v) is 4.39. The predicted molar refractivity (Wildman–Crippen MR) is 66.6 cm³/mol. The fourth-order valence-corrected chi connectivity index (χ4v) is 2.57. The number of benzene rings is 1. The van der Waals surface area contributed by atoms with Crippen LogP contribution in [0.1, 0.15) is 23.7 Å². The number of esters is 1. The lowest BCUT2D eigenvalue weighted by Gasteiger charge is -2.31. The van der Waals surface area contributed by atoms with Gasteiger partial charge in [-0.3, -0.25) is 4.79 Å². The highest BCUT2D eigenvalue weighted by Crippen LogP contribution is 2.38. The Bertz CT molecular complexity index is 441. The van der Waals surface area contributed by atoms with Gasteiger partial charge in [-0.25, -0.2) is 0 Å². The van der Waals surface area contributed by atoms with Crippen LogP contribution in [0.15, 0.2) is 18.2 Å². The topological polar surface area (TPSA) is 44.8 Å². The summed E-state index contributed by atoms with van der Waals surface area (Å²) in [7, 11) is 4.69. The van der Waals surface area contributed by atoms with Gasteiger partial charge < -0.3 is 14.2 Å². The van der Waals surface area contributed by atoms with E-state index in [9.17, 15) is 4.79 Å². The molecule has 0 bridgehead atoms. The van der Waals surface area contributed by atoms with Crippen LogP contribution in [-0.2, 0) is 20.7 Å². The van der Waals surface area contributed by atoms with Crippen LogP contribution in [0, 0.1) is 5.92 Å². The molecule has 1 aliphatic rings. The molecule has 2 atom stereocenters. The van der Waals surface area contributed by atoms with Crippen molar-refractivity contribution in [1.29, 1.82) is 0 Å². The number of rotatable bonds is 3. The summed E-state index contributed by atoms with van der Waals surface area (Å²) in [6.45, 7) is 0. The van der Waals surface area contributed by atoms with Crippen LogP contribution in [0.3, 0.4) is 0 Å². The quantitative estimate of drug-likeness (QED) is 0.771. The fourth-order valence-electron chi connectivity index (χ4n) is 2.57. The van der Waals surface area contributed by atoms with Gasteiger partial charge in [0.2, 0.25) is 0 Å². The lowest BCUT2D eigenvalue weighted by Crippen LogP contribution is -2.29. The summed E-state index contributed by atoms with van der Waals surface area (Å²) in [5, 5.41) is 0. The summed E-state index contributed by atoms with van der Waals surface area (Å²) < 4.78 is 15.5. The molecule has 0 aromatic heterocycles. The molecule has 18 heavy (non-hydrogen) atoms. The van der Waals surface area contributed by atoms with E-state index < -0.39 is 0 Å². The molecule has 1 aromatic rings. The first kappa shape index (κ1) is 12.9. The van der Waals surface area contributed by atoms with E-state index in [1.165, 1.54) is 12.7 Å². The Hall–Kier alpha value is -1.55. The Morgan fingerprint density at radius 1 is 1.28 bits per heavy atom. The fraction of sp³-hybridized carbons (Fsp3) is 0.500. The molecule has 0 saturated heterocycles. The van der Waals surface area contributed by atoms with E-state index in [2.05, 4.69) is 0 Å². The van der Waals surface area contributed by atoms with E-state index >= 15 is 0 Å². The molecule has 0 radical (unpaired) electrons. The number of methoxy groups -OCH3 is 3. The first-order chi connectivity index (χ1) is 8.71. The summed E-state index contributed by atoms with van der Waals surface area (Å²) in [5.41, 5.74) is 2.24. The predicted octanol–water partition coefficient (Wildman–Crippen LogP) is 2.12. The maximum atomic E-state index is 11.7. The van der Waals surface area contributed by atoms with Gasteiger partial charge >= 0.3 is 5.97 Å². The molecule has 0 spiro atoms. The van der Waals surface area contributed by atoms with Gasteiger partial charge in [0, 0.05) is 7.11 Å². The zero-order valence-corrected chi connectivity index (χ0v) is 10.9. The maximum absolute atomic E-state index is 11.7. The monoisotopic (exact) mass is 250 g/mol. The van der Waals surface area contributed by atoms with Crippen molar-refractivity contribution in [3.05, 3.63) is 29.3 Å². The average molecular weight is 250 g/mol. The van der Waals surface area contributed by atoms with Crippen molar-refractivity contribution < 1.29 is 19.0 Å². The van der Waals surface area contributed by atoms with Crippen LogP contribution in [0.5, 0.6) is 5.75 Å². The van der Waals surface area contributed by atoms with Crippen molar-refractivity contribution in [2.75, 3.05) is 21.3 Å². The molecule has 0 saturated carbocycles. The highest BCUT2D eigenvalue weighted by atomic mass is 16.5. The van der Waals surface area contributed by atoms with Gasteiger partial charge in [-0.1, -0.05) is 6.07 Å². The molecule has 0 fully saturated rings. The van der Waals surface area contributed by atoms with Crippen molar-refractivity contribution in [2.45, 2.75) is 18.9 Å². The van der Waals surface area contributed by atoms with Crippen LogP contribution in [0.4, 0.5) is 0 Å². The van der Waals surface area contributed by atoms with Crippen molar-refractivity contribution in [2.24, 2.45) is 5.92 Å². The molecule has 1 aliphatic carbocycles. The summed E-state index contributed by atoms with van der Waals surface area (Å²) in [6.07, 6.45) is 1.35. The number of hydrogen-bond acceptors (Lipinski definition) is 4. The summed E-state index contributed by atoms with van der Waals surface area (Å²) >= 11 is 0. The minimum Gasteiger partial charge on any atom is -0.497 e. The van der Waals surface area contributed by atoms with E-state index in [1.807, 2.05) is 18.2 Å². The van der Waals surface area contributed by atoms with E-state index in [4.69, 9.17) is 14.2 Å². The number of aryl methyl sites for hydroxylation is 1. The van der Waals surface area contributed by atoms with E-state index in [0.717, 1.165) is 24.2 Å². The van der Waals surface area contributed by atoms with E-state index in [1.54, 1.807) is 14.2 Å². The second-order valence-electron chi connectivity index (χ2n) is 4.39. The molecule has 0 aliphatic heterocycles. The van der Waals surface area contributed by atoms with Gasteiger partial charge in [0.15, 0.2) is 0 Å². The highest BCUT2D eigenvalue weighted by Gasteiger charge is 2.35. The summed E-state index contributed by atoms with van der Waals surface area (Å²) in [6, 6.07) is 5.87. The zero-order valence-electron chi connectivity index (χ0n) is 10.9. The first-order valence-corrected chi connectivity index (χ1v) is 5.98. The van der Waals surface area contributed by atoms with Crippen LogP contribution < -0.4 is 4.74 Å². The maximum Gasteiger partial charge on any atom is 0.311 e. The third-order valence-corrected chi connectivity index (χ3v) is 3.50. The number of carbonyl (C=O) groups excluding carboxylic acids is 1. The Morgan fingerprint density at radius 3 is 2.67 bits per heavy atom. The van der Waals surface area contributed by atoms with Gasteiger partial charge in [-0.2, -0.15) is 0 Å². The summed E-state index contributed by atoms with van der Waals surface area (Å²) in [4.78, 5) is 11.7. The number of fused-ring (bicyclic) bond motifs is 1. The van der Waals surface area contributed by atoms with Crippen LogP contribution in [-0.4, -0.2) is 27.3 Å². The number of hydrogen-bond donors (Lipinski definition) is 0. The highest BCUT2D eigenvalue weighted by molar-refractivity contribution is 5.74. The SMILES string of the molecule is COC(=O)[C@@H]1CCc2cc(OC)ccc2[C@H]1OC. The lowest BCUT2D eigenvalue weighted by atomic mass is 9.81.